The standard InChI is InChI=1S/C10H23NO/c1-6-12-7-9(2)11-8-10(3,4)5/h9,11H,6-8H2,1-5H3. The third-order valence-electron chi connectivity index (χ3n) is 1.55. The van der Waals surface area contributed by atoms with Crippen molar-refractivity contribution in [2.24, 2.45) is 5.41 Å². The van der Waals surface area contributed by atoms with Gasteiger partial charge < -0.3 is 10.1 Å². The Morgan fingerprint density at radius 2 is 1.92 bits per heavy atom. The van der Waals surface area contributed by atoms with E-state index in [1.54, 1.807) is 0 Å². The number of rotatable bonds is 5. The summed E-state index contributed by atoms with van der Waals surface area (Å²) in [6, 6.07) is 0.462. The first kappa shape index (κ1) is 11.9. The van der Waals surface area contributed by atoms with Crippen molar-refractivity contribution >= 4 is 0 Å². The summed E-state index contributed by atoms with van der Waals surface area (Å²) in [5, 5.41) is 3.43. The van der Waals surface area contributed by atoms with Crippen LogP contribution in [0.15, 0.2) is 0 Å². The molecule has 0 spiro atoms. The van der Waals surface area contributed by atoms with Gasteiger partial charge in [-0.2, -0.15) is 0 Å². The lowest BCUT2D eigenvalue weighted by atomic mass is 9.97. The summed E-state index contributed by atoms with van der Waals surface area (Å²) in [6.07, 6.45) is 0. The van der Waals surface area contributed by atoms with E-state index >= 15 is 0 Å². The molecule has 74 valence electrons. The minimum Gasteiger partial charge on any atom is -0.380 e. The van der Waals surface area contributed by atoms with Crippen LogP contribution in [0, 0.1) is 5.41 Å². The summed E-state index contributed by atoms with van der Waals surface area (Å²) in [7, 11) is 0. The summed E-state index contributed by atoms with van der Waals surface area (Å²) in [6.45, 7) is 13.5. The Kier molecular flexibility index (Phi) is 5.51. The highest BCUT2D eigenvalue weighted by Gasteiger charge is 2.11. The number of nitrogens with one attached hydrogen (secondary N) is 1. The Bertz CT molecular complexity index is 107. The second kappa shape index (κ2) is 5.55. The van der Waals surface area contributed by atoms with E-state index in [-0.39, 0.29) is 0 Å². The molecular weight excluding hydrogens is 150 g/mol. The van der Waals surface area contributed by atoms with Crippen LogP contribution in [0.1, 0.15) is 34.6 Å². The third kappa shape index (κ3) is 8.02. The molecule has 0 amide bonds. The van der Waals surface area contributed by atoms with Gasteiger partial charge in [0.2, 0.25) is 0 Å². The smallest absolute Gasteiger partial charge is 0.0616 e. The zero-order valence-electron chi connectivity index (χ0n) is 9.11. The minimum atomic E-state index is 0.362. The molecule has 1 N–H and O–H groups in total. The van der Waals surface area contributed by atoms with E-state index in [9.17, 15) is 0 Å². The highest BCUT2D eigenvalue weighted by molar-refractivity contribution is 4.68. The van der Waals surface area contributed by atoms with Gasteiger partial charge in [0.05, 0.1) is 6.61 Å². The average Bonchev–Trinajstić information content (AvgIpc) is 1.95. The molecule has 1 atom stereocenters. The zero-order valence-corrected chi connectivity index (χ0v) is 9.11. The molecule has 0 aromatic heterocycles. The van der Waals surface area contributed by atoms with Crippen molar-refractivity contribution in [3.63, 3.8) is 0 Å². The lowest BCUT2D eigenvalue weighted by Gasteiger charge is -2.22. The van der Waals surface area contributed by atoms with Crippen molar-refractivity contribution in [1.82, 2.24) is 5.32 Å². The van der Waals surface area contributed by atoms with Gasteiger partial charge >= 0.3 is 0 Å². The van der Waals surface area contributed by atoms with Crippen LogP contribution in [0.2, 0.25) is 0 Å². The van der Waals surface area contributed by atoms with Gasteiger partial charge in [-0.05, 0) is 19.3 Å². The summed E-state index contributed by atoms with van der Waals surface area (Å²) >= 11 is 0. The van der Waals surface area contributed by atoms with Crippen molar-refractivity contribution in [1.29, 1.82) is 0 Å². The zero-order chi connectivity index (χ0) is 9.61. The molecule has 0 saturated carbocycles. The highest BCUT2D eigenvalue weighted by Crippen LogP contribution is 2.10. The van der Waals surface area contributed by atoms with E-state index in [4.69, 9.17) is 4.74 Å². The van der Waals surface area contributed by atoms with Crippen LogP contribution in [0.4, 0.5) is 0 Å². The molecule has 12 heavy (non-hydrogen) atoms. The maximum atomic E-state index is 5.30. The molecule has 0 aromatic carbocycles. The maximum Gasteiger partial charge on any atom is 0.0616 e. The van der Waals surface area contributed by atoms with Gasteiger partial charge in [0.1, 0.15) is 0 Å². The fourth-order valence-electron chi connectivity index (χ4n) is 0.834. The topological polar surface area (TPSA) is 21.3 Å². The maximum absolute atomic E-state index is 5.30. The van der Waals surface area contributed by atoms with E-state index in [0.29, 0.717) is 11.5 Å². The molecule has 2 heteroatoms. The van der Waals surface area contributed by atoms with Crippen molar-refractivity contribution in [3.8, 4) is 0 Å². The lowest BCUT2D eigenvalue weighted by Crippen LogP contribution is -2.36. The molecule has 0 bridgehead atoms. The summed E-state index contributed by atoms with van der Waals surface area (Å²) in [5.74, 6) is 0. The Morgan fingerprint density at radius 1 is 1.33 bits per heavy atom. The fraction of sp³-hybridized carbons (Fsp3) is 1.00. The molecule has 0 rings (SSSR count). The molecule has 0 aliphatic rings. The van der Waals surface area contributed by atoms with Crippen LogP contribution in [0.5, 0.6) is 0 Å². The van der Waals surface area contributed by atoms with E-state index in [0.717, 1.165) is 19.8 Å². The van der Waals surface area contributed by atoms with E-state index in [1.807, 2.05) is 6.92 Å². The van der Waals surface area contributed by atoms with Crippen LogP contribution in [-0.4, -0.2) is 25.8 Å². The molecule has 0 aliphatic carbocycles. The quantitative estimate of drug-likeness (QED) is 0.687. The molecule has 1 unspecified atom stereocenters. The third-order valence-corrected chi connectivity index (χ3v) is 1.55. The second-order valence-corrected chi connectivity index (χ2v) is 4.50. The van der Waals surface area contributed by atoms with Crippen LogP contribution in [0.3, 0.4) is 0 Å². The predicted octanol–water partition coefficient (Wildman–Crippen LogP) is 2.05. The number of ether oxygens (including phenoxy) is 1. The first-order valence-electron chi connectivity index (χ1n) is 4.77. The number of hydrogen-bond acceptors (Lipinski definition) is 2. The molecule has 2 nitrogen and oxygen atoms in total. The molecule has 0 fully saturated rings. The highest BCUT2D eigenvalue weighted by atomic mass is 16.5. The Balaban J connectivity index is 3.37. The van der Waals surface area contributed by atoms with Crippen molar-refractivity contribution in [3.05, 3.63) is 0 Å². The van der Waals surface area contributed by atoms with E-state index in [2.05, 4.69) is 33.0 Å². The summed E-state index contributed by atoms with van der Waals surface area (Å²) in [5.41, 5.74) is 0.362. The lowest BCUT2D eigenvalue weighted by molar-refractivity contribution is 0.124. The summed E-state index contributed by atoms with van der Waals surface area (Å²) in [4.78, 5) is 0. The van der Waals surface area contributed by atoms with Gasteiger partial charge in [-0.15, -0.1) is 0 Å². The van der Waals surface area contributed by atoms with Gasteiger partial charge in [0, 0.05) is 19.2 Å². The molecule has 0 heterocycles. The normalized spacial score (nSPS) is 14.8. The van der Waals surface area contributed by atoms with Crippen LogP contribution < -0.4 is 5.32 Å². The Hall–Kier alpha value is -0.0800. The Labute approximate surface area is 76.7 Å². The second-order valence-electron chi connectivity index (χ2n) is 4.50. The monoisotopic (exact) mass is 173 g/mol. The minimum absolute atomic E-state index is 0.362. The van der Waals surface area contributed by atoms with E-state index in [1.165, 1.54) is 0 Å². The Morgan fingerprint density at radius 3 is 2.33 bits per heavy atom. The van der Waals surface area contributed by atoms with E-state index < -0.39 is 0 Å². The predicted molar refractivity (Wildman–Crippen MR) is 53.4 cm³/mol. The van der Waals surface area contributed by atoms with Gasteiger partial charge in [-0.3, -0.25) is 0 Å². The molecule has 0 saturated heterocycles. The molecular formula is C10H23NO. The molecule has 0 aliphatic heterocycles. The molecule has 0 radical (unpaired) electrons. The first-order chi connectivity index (χ1) is 5.45. The van der Waals surface area contributed by atoms with Crippen LogP contribution >= 0.6 is 0 Å². The summed E-state index contributed by atoms with van der Waals surface area (Å²) < 4.78 is 5.30. The van der Waals surface area contributed by atoms with Gasteiger partial charge in [0.15, 0.2) is 0 Å². The van der Waals surface area contributed by atoms with Crippen molar-refractivity contribution < 1.29 is 4.74 Å². The SMILES string of the molecule is CCOCC(C)NCC(C)(C)C. The van der Waals surface area contributed by atoms with Gasteiger partial charge in [-0.1, -0.05) is 20.8 Å². The van der Waals surface area contributed by atoms with Crippen molar-refractivity contribution in [2.45, 2.75) is 40.7 Å². The average molecular weight is 173 g/mol. The fourth-order valence-corrected chi connectivity index (χ4v) is 0.834. The van der Waals surface area contributed by atoms with Gasteiger partial charge in [0.25, 0.3) is 0 Å². The van der Waals surface area contributed by atoms with Crippen LogP contribution in [0.25, 0.3) is 0 Å². The first-order valence-corrected chi connectivity index (χ1v) is 4.77. The van der Waals surface area contributed by atoms with Gasteiger partial charge in [-0.25, -0.2) is 0 Å². The molecule has 0 aromatic rings. The van der Waals surface area contributed by atoms with Crippen molar-refractivity contribution in [2.75, 3.05) is 19.8 Å². The van der Waals surface area contributed by atoms with Crippen LogP contribution in [-0.2, 0) is 4.74 Å². The number of hydrogen-bond donors (Lipinski definition) is 1. The largest absolute Gasteiger partial charge is 0.380 e.